The average Bonchev–Trinajstić information content (AvgIpc) is 2.66. The fraction of sp³-hybridized carbons (Fsp3) is 0.636. The van der Waals surface area contributed by atoms with Crippen molar-refractivity contribution in [3.8, 4) is 0 Å². The van der Waals surface area contributed by atoms with Gasteiger partial charge >= 0.3 is 0 Å². The first kappa shape index (κ1) is 13.3. The molecule has 6 nitrogen and oxygen atoms in total. The molecule has 18 heavy (non-hydrogen) atoms. The van der Waals surface area contributed by atoms with Crippen molar-refractivity contribution in [3.05, 3.63) is 10.6 Å². The second-order valence-corrected chi connectivity index (χ2v) is 5.46. The summed E-state index contributed by atoms with van der Waals surface area (Å²) in [5, 5.41) is 9.54. The third-order valence-electron chi connectivity index (χ3n) is 2.82. The molecule has 0 aliphatic carbocycles. The molecule has 100 valence electrons. The van der Waals surface area contributed by atoms with E-state index in [1.54, 1.807) is 11.8 Å². The maximum absolute atomic E-state index is 12.3. The molecular formula is C11H17N3O3S. The summed E-state index contributed by atoms with van der Waals surface area (Å²) in [6.07, 6.45) is -0.395. The molecule has 1 aliphatic heterocycles. The fourth-order valence-electron chi connectivity index (χ4n) is 2.07. The van der Waals surface area contributed by atoms with Crippen LogP contribution in [0.25, 0.3) is 0 Å². The van der Waals surface area contributed by atoms with Crippen molar-refractivity contribution >= 4 is 22.4 Å². The molecule has 0 bridgehead atoms. The Bertz CT molecular complexity index is 449. The van der Waals surface area contributed by atoms with Gasteiger partial charge in [-0.1, -0.05) is 11.3 Å². The van der Waals surface area contributed by atoms with Crippen LogP contribution in [0.1, 0.15) is 22.3 Å². The SMILES string of the molecule is Cc1nc(N)sc1C(=O)N1CC(C)OC(CO)C1. The summed E-state index contributed by atoms with van der Waals surface area (Å²) in [6.45, 7) is 4.49. The summed E-state index contributed by atoms with van der Waals surface area (Å²) in [7, 11) is 0. The number of aryl methyl sites for hydroxylation is 1. The van der Waals surface area contributed by atoms with E-state index in [1.807, 2.05) is 6.92 Å². The number of ether oxygens (including phenoxy) is 1. The molecule has 3 N–H and O–H groups in total. The largest absolute Gasteiger partial charge is 0.394 e. The van der Waals surface area contributed by atoms with Crippen LogP contribution < -0.4 is 5.73 Å². The quantitative estimate of drug-likeness (QED) is 0.805. The number of amides is 1. The number of morpholine rings is 1. The standard InChI is InChI=1S/C11H17N3O3S/c1-6-3-14(4-8(5-15)17-6)10(16)9-7(2)13-11(12)18-9/h6,8,15H,3-5H2,1-2H3,(H2,12,13). The molecule has 2 unspecified atom stereocenters. The van der Waals surface area contributed by atoms with Gasteiger partial charge in [-0.3, -0.25) is 4.79 Å². The fourth-order valence-corrected chi connectivity index (χ4v) is 2.87. The van der Waals surface area contributed by atoms with Crippen molar-refractivity contribution in [2.24, 2.45) is 0 Å². The molecule has 1 amide bonds. The maximum atomic E-state index is 12.3. The average molecular weight is 271 g/mol. The van der Waals surface area contributed by atoms with E-state index in [4.69, 9.17) is 15.6 Å². The van der Waals surface area contributed by atoms with Gasteiger partial charge in [0.25, 0.3) is 5.91 Å². The molecule has 1 aromatic rings. The molecule has 1 aliphatic rings. The first-order valence-electron chi connectivity index (χ1n) is 5.79. The number of aromatic nitrogens is 1. The van der Waals surface area contributed by atoms with Crippen LogP contribution in [0.15, 0.2) is 0 Å². The molecule has 0 radical (unpaired) electrons. The minimum absolute atomic E-state index is 0.0783. The lowest BCUT2D eigenvalue weighted by Gasteiger charge is -2.35. The van der Waals surface area contributed by atoms with Crippen molar-refractivity contribution in [2.75, 3.05) is 25.4 Å². The highest BCUT2D eigenvalue weighted by Crippen LogP contribution is 2.23. The van der Waals surface area contributed by atoms with Gasteiger partial charge in [0, 0.05) is 13.1 Å². The number of carbonyl (C=O) groups is 1. The van der Waals surface area contributed by atoms with E-state index in [0.717, 1.165) is 0 Å². The lowest BCUT2D eigenvalue weighted by molar-refractivity contribution is -0.0857. The molecule has 0 spiro atoms. The summed E-state index contributed by atoms with van der Waals surface area (Å²) in [5.74, 6) is -0.0877. The third kappa shape index (κ3) is 2.63. The van der Waals surface area contributed by atoms with Crippen LogP contribution in [0.5, 0.6) is 0 Å². The van der Waals surface area contributed by atoms with Crippen LogP contribution in [0.2, 0.25) is 0 Å². The van der Waals surface area contributed by atoms with Crippen LogP contribution >= 0.6 is 11.3 Å². The topological polar surface area (TPSA) is 88.7 Å². The summed E-state index contributed by atoms with van der Waals surface area (Å²) < 4.78 is 5.51. The van der Waals surface area contributed by atoms with Crippen molar-refractivity contribution < 1.29 is 14.6 Å². The maximum Gasteiger partial charge on any atom is 0.266 e. The first-order chi connectivity index (χ1) is 8.51. The van der Waals surface area contributed by atoms with Gasteiger partial charge in [-0.2, -0.15) is 0 Å². The zero-order chi connectivity index (χ0) is 13.3. The number of nitrogens with two attached hydrogens (primary N) is 1. The Kier molecular flexibility index (Phi) is 3.84. The summed E-state index contributed by atoms with van der Waals surface area (Å²) in [4.78, 5) is 18.7. The van der Waals surface area contributed by atoms with E-state index >= 15 is 0 Å². The number of nitrogen functional groups attached to an aromatic ring is 1. The van der Waals surface area contributed by atoms with Crippen molar-refractivity contribution in [1.82, 2.24) is 9.88 Å². The minimum Gasteiger partial charge on any atom is -0.394 e. The zero-order valence-corrected chi connectivity index (χ0v) is 11.2. The van der Waals surface area contributed by atoms with E-state index in [9.17, 15) is 4.79 Å². The Labute approximate surface area is 109 Å². The summed E-state index contributed by atoms with van der Waals surface area (Å²) in [6, 6.07) is 0. The number of rotatable bonds is 2. The van der Waals surface area contributed by atoms with Crippen LogP contribution in [-0.2, 0) is 4.74 Å². The van der Waals surface area contributed by atoms with Gasteiger partial charge < -0.3 is 20.5 Å². The predicted octanol–water partition coefficient (Wildman–Crippen LogP) is 0.256. The van der Waals surface area contributed by atoms with Crippen LogP contribution in [0.4, 0.5) is 5.13 Å². The van der Waals surface area contributed by atoms with E-state index in [-0.39, 0.29) is 24.7 Å². The lowest BCUT2D eigenvalue weighted by Crippen LogP contribution is -2.50. The van der Waals surface area contributed by atoms with Crippen molar-refractivity contribution in [2.45, 2.75) is 26.1 Å². The van der Waals surface area contributed by atoms with Gasteiger partial charge in [0.05, 0.1) is 24.5 Å². The lowest BCUT2D eigenvalue weighted by atomic mass is 10.2. The Morgan fingerprint density at radius 3 is 2.94 bits per heavy atom. The van der Waals surface area contributed by atoms with Crippen molar-refractivity contribution in [1.29, 1.82) is 0 Å². The molecule has 1 fully saturated rings. The molecule has 1 saturated heterocycles. The molecule has 2 rings (SSSR count). The number of nitrogens with zero attached hydrogens (tertiary/aromatic N) is 2. The van der Waals surface area contributed by atoms with Gasteiger partial charge in [0.2, 0.25) is 0 Å². The van der Waals surface area contributed by atoms with Crippen LogP contribution in [0, 0.1) is 6.92 Å². The predicted molar refractivity (Wildman–Crippen MR) is 68.6 cm³/mol. The number of carbonyl (C=O) groups excluding carboxylic acids is 1. The Balaban J connectivity index is 2.15. The zero-order valence-electron chi connectivity index (χ0n) is 10.4. The molecule has 2 atom stereocenters. The van der Waals surface area contributed by atoms with Gasteiger partial charge in [-0.05, 0) is 13.8 Å². The minimum atomic E-state index is -0.316. The van der Waals surface area contributed by atoms with E-state index in [0.29, 0.717) is 28.8 Å². The Morgan fingerprint density at radius 2 is 2.39 bits per heavy atom. The molecule has 1 aromatic heterocycles. The van der Waals surface area contributed by atoms with Gasteiger partial charge in [0.15, 0.2) is 5.13 Å². The second kappa shape index (κ2) is 5.21. The van der Waals surface area contributed by atoms with Crippen LogP contribution in [-0.4, -0.2) is 52.8 Å². The number of anilines is 1. The number of aliphatic hydroxyl groups excluding tert-OH is 1. The number of thiazole rings is 1. The van der Waals surface area contributed by atoms with Crippen molar-refractivity contribution in [3.63, 3.8) is 0 Å². The summed E-state index contributed by atoms with van der Waals surface area (Å²) in [5.41, 5.74) is 6.25. The van der Waals surface area contributed by atoms with Gasteiger partial charge in [0.1, 0.15) is 4.88 Å². The Morgan fingerprint density at radius 1 is 1.67 bits per heavy atom. The number of hydrogen-bond donors (Lipinski definition) is 2. The van der Waals surface area contributed by atoms with E-state index in [2.05, 4.69) is 4.98 Å². The molecule has 0 aromatic carbocycles. The van der Waals surface area contributed by atoms with E-state index < -0.39 is 0 Å². The van der Waals surface area contributed by atoms with Crippen LogP contribution in [0.3, 0.4) is 0 Å². The van der Waals surface area contributed by atoms with Gasteiger partial charge in [-0.25, -0.2) is 4.98 Å². The highest BCUT2D eigenvalue weighted by atomic mass is 32.1. The number of aliphatic hydroxyl groups is 1. The van der Waals surface area contributed by atoms with E-state index in [1.165, 1.54) is 11.3 Å². The Hall–Kier alpha value is -1.18. The third-order valence-corrected chi connectivity index (χ3v) is 3.80. The number of hydrogen-bond acceptors (Lipinski definition) is 6. The highest BCUT2D eigenvalue weighted by Gasteiger charge is 2.30. The normalized spacial score (nSPS) is 24.3. The molecule has 2 heterocycles. The second-order valence-electron chi connectivity index (χ2n) is 4.43. The first-order valence-corrected chi connectivity index (χ1v) is 6.61. The molecule has 0 saturated carbocycles. The molecular weight excluding hydrogens is 254 g/mol. The monoisotopic (exact) mass is 271 g/mol. The highest BCUT2D eigenvalue weighted by molar-refractivity contribution is 7.17. The summed E-state index contributed by atoms with van der Waals surface area (Å²) >= 11 is 1.20. The molecule has 7 heteroatoms. The smallest absolute Gasteiger partial charge is 0.266 e. The van der Waals surface area contributed by atoms with Gasteiger partial charge in [-0.15, -0.1) is 0 Å².